The van der Waals surface area contributed by atoms with E-state index in [0.29, 0.717) is 0 Å². The first-order valence-corrected chi connectivity index (χ1v) is 7.86. The van der Waals surface area contributed by atoms with Crippen molar-refractivity contribution in [2.45, 2.75) is 60.2 Å². The van der Waals surface area contributed by atoms with Gasteiger partial charge in [-0.15, -0.1) is 0 Å². The van der Waals surface area contributed by atoms with Crippen molar-refractivity contribution >= 4 is 0 Å². The van der Waals surface area contributed by atoms with E-state index >= 15 is 0 Å². The molecular formula is C18H32N2. The summed E-state index contributed by atoms with van der Waals surface area (Å²) < 4.78 is 0. The van der Waals surface area contributed by atoms with Gasteiger partial charge in [-0.2, -0.15) is 0 Å². The second-order valence-electron chi connectivity index (χ2n) is 7.09. The van der Waals surface area contributed by atoms with Crippen LogP contribution in [0, 0.1) is 5.92 Å². The Hall–Kier alpha value is -0.860. The van der Waals surface area contributed by atoms with E-state index in [-0.39, 0.29) is 5.54 Å². The number of rotatable bonds is 7. The van der Waals surface area contributed by atoms with Gasteiger partial charge in [0.05, 0.1) is 0 Å². The first-order chi connectivity index (χ1) is 9.31. The molecular weight excluding hydrogens is 244 g/mol. The maximum atomic E-state index is 3.59. The molecule has 0 heterocycles. The molecule has 0 spiro atoms. The minimum Gasteiger partial charge on any atom is -0.308 e. The van der Waals surface area contributed by atoms with Crippen LogP contribution in [-0.2, 0) is 13.1 Å². The van der Waals surface area contributed by atoms with E-state index in [2.05, 4.69) is 76.0 Å². The first-order valence-electron chi connectivity index (χ1n) is 7.86. The molecule has 0 aliphatic carbocycles. The fraction of sp³-hybridized carbons (Fsp3) is 0.667. The summed E-state index contributed by atoms with van der Waals surface area (Å²) in [6, 6.07) is 8.81. The monoisotopic (exact) mass is 276 g/mol. The maximum Gasteiger partial charge on any atom is 0.0236 e. The molecule has 0 aromatic heterocycles. The van der Waals surface area contributed by atoms with Crippen LogP contribution in [0.4, 0.5) is 0 Å². The van der Waals surface area contributed by atoms with Crippen LogP contribution in [0.25, 0.3) is 0 Å². The third-order valence-corrected chi connectivity index (χ3v) is 3.39. The highest BCUT2D eigenvalue weighted by Gasteiger charge is 2.12. The largest absolute Gasteiger partial charge is 0.308 e. The van der Waals surface area contributed by atoms with Crippen LogP contribution in [0.2, 0.25) is 0 Å². The van der Waals surface area contributed by atoms with Gasteiger partial charge in [0.25, 0.3) is 0 Å². The van der Waals surface area contributed by atoms with Crippen LogP contribution in [0.1, 0.15) is 52.7 Å². The molecule has 0 fully saturated rings. The fourth-order valence-electron chi connectivity index (χ4n) is 2.31. The second-order valence-corrected chi connectivity index (χ2v) is 7.09. The van der Waals surface area contributed by atoms with Crippen molar-refractivity contribution in [1.29, 1.82) is 0 Å². The van der Waals surface area contributed by atoms with Gasteiger partial charge >= 0.3 is 0 Å². The molecule has 1 aromatic rings. The van der Waals surface area contributed by atoms with Gasteiger partial charge in [-0.05, 0) is 44.4 Å². The summed E-state index contributed by atoms with van der Waals surface area (Å²) in [6.45, 7) is 17.7. The topological polar surface area (TPSA) is 15.3 Å². The Morgan fingerprint density at radius 1 is 1.10 bits per heavy atom. The fourth-order valence-corrected chi connectivity index (χ4v) is 2.31. The molecule has 0 saturated carbocycles. The Morgan fingerprint density at radius 2 is 1.70 bits per heavy atom. The summed E-state index contributed by atoms with van der Waals surface area (Å²) >= 11 is 0. The lowest BCUT2D eigenvalue weighted by molar-refractivity contribution is 0.247. The molecule has 0 aliphatic heterocycles. The molecule has 0 atom stereocenters. The molecule has 1 aromatic carbocycles. The van der Waals surface area contributed by atoms with Gasteiger partial charge in [0.2, 0.25) is 0 Å². The number of hydrogen-bond acceptors (Lipinski definition) is 2. The van der Waals surface area contributed by atoms with Crippen LogP contribution < -0.4 is 5.32 Å². The number of nitrogens with zero attached hydrogens (tertiary/aromatic N) is 1. The van der Waals surface area contributed by atoms with Gasteiger partial charge < -0.3 is 5.32 Å². The standard InChI is InChI=1S/C18H32N2/c1-7-20(13-15(2)3)14-17-11-9-8-10-16(17)12-19-18(4,5)6/h8-11,15,19H,7,12-14H2,1-6H3. The second kappa shape index (κ2) is 7.80. The molecule has 20 heavy (non-hydrogen) atoms. The highest BCUT2D eigenvalue weighted by atomic mass is 15.1. The number of benzene rings is 1. The lowest BCUT2D eigenvalue weighted by atomic mass is 10.0. The quantitative estimate of drug-likeness (QED) is 0.808. The van der Waals surface area contributed by atoms with Gasteiger partial charge in [-0.1, -0.05) is 45.0 Å². The van der Waals surface area contributed by atoms with Crippen LogP contribution in [0.3, 0.4) is 0 Å². The zero-order chi connectivity index (χ0) is 15.2. The van der Waals surface area contributed by atoms with Gasteiger partial charge in [0.1, 0.15) is 0 Å². The van der Waals surface area contributed by atoms with Crippen LogP contribution in [0.15, 0.2) is 24.3 Å². The summed E-state index contributed by atoms with van der Waals surface area (Å²) in [5.41, 5.74) is 3.03. The minimum atomic E-state index is 0.162. The smallest absolute Gasteiger partial charge is 0.0236 e. The van der Waals surface area contributed by atoms with Gasteiger partial charge in [0.15, 0.2) is 0 Å². The summed E-state index contributed by atoms with van der Waals surface area (Å²) in [5.74, 6) is 0.717. The SMILES string of the molecule is CCN(Cc1ccccc1CNC(C)(C)C)CC(C)C. The van der Waals surface area contributed by atoms with E-state index in [1.165, 1.54) is 11.1 Å². The normalized spacial score (nSPS) is 12.4. The van der Waals surface area contributed by atoms with Crippen molar-refractivity contribution in [3.05, 3.63) is 35.4 Å². The molecule has 0 aliphatic rings. The Labute approximate surface area is 125 Å². The highest BCUT2D eigenvalue weighted by molar-refractivity contribution is 5.27. The first kappa shape index (κ1) is 17.2. The lowest BCUT2D eigenvalue weighted by Gasteiger charge is -2.25. The van der Waals surface area contributed by atoms with Crippen molar-refractivity contribution in [1.82, 2.24) is 10.2 Å². The van der Waals surface area contributed by atoms with E-state index in [1.807, 2.05) is 0 Å². The van der Waals surface area contributed by atoms with Crippen molar-refractivity contribution in [3.63, 3.8) is 0 Å². The molecule has 0 amide bonds. The summed E-state index contributed by atoms with van der Waals surface area (Å²) in [5, 5.41) is 3.59. The Balaban J connectivity index is 2.73. The molecule has 2 heteroatoms. The highest BCUT2D eigenvalue weighted by Crippen LogP contribution is 2.14. The average molecular weight is 276 g/mol. The zero-order valence-electron chi connectivity index (χ0n) is 14.2. The summed E-state index contributed by atoms with van der Waals surface area (Å²) in [4.78, 5) is 2.53. The summed E-state index contributed by atoms with van der Waals surface area (Å²) in [7, 11) is 0. The van der Waals surface area contributed by atoms with Crippen molar-refractivity contribution < 1.29 is 0 Å². The van der Waals surface area contributed by atoms with Gasteiger partial charge in [0, 0.05) is 25.2 Å². The lowest BCUT2D eigenvalue weighted by Crippen LogP contribution is -2.35. The predicted molar refractivity (Wildman–Crippen MR) is 88.8 cm³/mol. The predicted octanol–water partition coefficient (Wildman–Crippen LogP) is 4.05. The van der Waals surface area contributed by atoms with E-state index in [0.717, 1.165) is 32.1 Å². The number of nitrogens with one attached hydrogen (secondary N) is 1. The van der Waals surface area contributed by atoms with Crippen LogP contribution in [-0.4, -0.2) is 23.5 Å². The summed E-state index contributed by atoms with van der Waals surface area (Å²) in [6.07, 6.45) is 0. The Morgan fingerprint density at radius 3 is 2.20 bits per heavy atom. The third kappa shape index (κ3) is 6.53. The molecule has 1 N–H and O–H groups in total. The molecule has 0 radical (unpaired) electrons. The van der Waals surface area contributed by atoms with E-state index in [1.54, 1.807) is 0 Å². The minimum absolute atomic E-state index is 0.162. The third-order valence-electron chi connectivity index (χ3n) is 3.39. The Kier molecular flexibility index (Phi) is 6.70. The average Bonchev–Trinajstić information content (AvgIpc) is 2.35. The van der Waals surface area contributed by atoms with Crippen molar-refractivity contribution in [2.24, 2.45) is 5.92 Å². The Bertz CT molecular complexity index is 391. The molecule has 0 bridgehead atoms. The van der Waals surface area contributed by atoms with E-state index in [9.17, 15) is 0 Å². The van der Waals surface area contributed by atoms with Crippen molar-refractivity contribution in [3.8, 4) is 0 Å². The van der Waals surface area contributed by atoms with Crippen LogP contribution in [0.5, 0.6) is 0 Å². The van der Waals surface area contributed by atoms with E-state index < -0.39 is 0 Å². The maximum absolute atomic E-state index is 3.59. The molecule has 2 nitrogen and oxygen atoms in total. The van der Waals surface area contributed by atoms with Crippen LogP contribution >= 0.6 is 0 Å². The number of hydrogen-bond donors (Lipinski definition) is 1. The molecule has 0 unspecified atom stereocenters. The molecule has 114 valence electrons. The molecule has 1 rings (SSSR count). The van der Waals surface area contributed by atoms with Crippen molar-refractivity contribution in [2.75, 3.05) is 13.1 Å². The van der Waals surface area contributed by atoms with E-state index in [4.69, 9.17) is 0 Å². The molecule has 0 saturated heterocycles. The zero-order valence-corrected chi connectivity index (χ0v) is 14.2. The van der Waals surface area contributed by atoms with Gasteiger partial charge in [-0.3, -0.25) is 4.90 Å². The van der Waals surface area contributed by atoms with Gasteiger partial charge in [-0.25, -0.2) is 0 Å².